The predicted octanol–water partition coefficient (Wildman–Crippen LogP) is 13.1. The number of methoxy groups -OCH3 is 4. The third kappa shape index (κ3) is 21.0. The first-order valence-corrected chi connectivity index (χ1v) is 37.9. The van der Waals surface area contributed by atoms with E-state index in [1.807, 2.05) is 103 Å². The molecule has 8 amide bonds. The minimum absolute atomic E-state index is 0. The summed E-state index contributed by atoms with van der Waals surface area (Å²) in [6.07, 6.45) is 16.4. The molecule has 28 nitrogen and oxygen atoms in total. The molecule has 0 unspecified atom stereocenters. The smallest absolute Gasteiger partial charge is 0.407 e. The van der Waals surface area contributed by atoms with E-state index in [0.717, 1.165) is 111 Å². The number of alkyl halides is 1. The van der Waals surface area contributed by atoms with E-state index < -0.39 is 55.7 Å². The highest BCUT2D eigenvalue weighted by molar-refractivity contribution is 9.10. The summed E-state index contributed by atoms with van der Waals surface area (Å²) in [4.78, 5) is 139. The van der Waals surface area contributed by atoms with Crippen LogP contribution in [0.3, 0.4) is 0 Å². The number of aromatic nitrogens is 8. The lowest BCUT2D eigenvalue weighted by Gasteiger charge is -2.30. The maximum Gasteiger partial charge on any atom is 0.407 e. The lowest BCUT2D eigenvalue weighted by atomic mass is 10.0. The Bertz CT molecular complexity index is 4730. The van der Waals surface area contributed by atoms with Crippen LogP contribution in [0.15, 0.2) is 102 Å². The third-order valence-corrected chi connectivity index (χ3v) is 20.6. The van der Waals surface area contributed by atoms with Crippen molar-refractivity contribution in [3.8, 4) is 46.7 Å². The lowest BCUT2D eigenvalue weighted by Crippen LogP contribution is -2.51. The van der Waals surface area contributed by atoms with Crippen LogP contribution in [0.4, 0.5) is 23.6 Å². The average Bonchev–Trinajstić information content (AvgIpc) is 1.69. The number of alkyl carbamates (subject to hydrolysis) is 4. The van der Waals surface area contributed by atoms with Crippen LogP contribution in [0.25, 0.3) is 44.1 Å². The number of fused-ring (bicyclic) bond motifs is 2. The van der Waals surface area contributed by atoms with Crippen LogP contribution in [0.5, 0.6) is 0 Å². The Labute approximate surface area is 662 Å². The molecule has 598 valence electrons. The number of halogens is 2. The van der Waals surface area contributed by atoms with Gasteiger partial charge >= 0.3 is 24.4 Å². The second-order valence-corrected chi connectivity index (χ2v) is 29.7. The Kier molecular flexibility index (Phi) is 30.3. The molecule has 0 aliphatic carbocycles. The van der Waals surface area contributed by atoms with Gasteiger partial charge in [0.25, 0.3) is 0 Å². The average molecular weight is 1610 g/mol. The van der Waals surface area contributed by atoms with Gasteiger partial charge in [-0.25, -0.2) is 39.1 Å². The van der Waals surface area contributed by atoms with Crippen molar-refractivity contribution < 1.29 is 63.1 Å². The Morgan fingerprint density at radius 1 is 0.464 bits per heavy atom. The van der Waals surface area contributed by atoms with E-state index in [9.17, 15) is 42.7 Å². The Hall–Kier alpha value is -11.3. The normalized spacial score (nSPS) is 17.5. The van der Waals surface area contributed by atoms with Crippen molar-refractivity contribution >= 4 is 85.5 Å². The number of carbonyl (C=O) groups excluding carboxylic acids is 8. The van der Waals surface area contributed by atoms with Gasteiger partial charge < -0.3 is 79.8 Å². The highest BCUT2D eigenvalue weighted by Gasteiger charge is 2.42. The first-order chi connectivity index (χ1) is 53.7. The van der Waals surface area contributed by atoms with Gasteiger partial charge in [0.1, 0.15) is 58.9 Å². The van der Waals surface area contributed by atoms with Gasteiger partial charge in [-0.15, -0.1) is 6.42 Å². The number of aromatic amines is 4. The summed E-state index contributed by atoms with van der Waals surface area (Å²) in [5.41, 5.74) is 5.85. The maximum absolute atomic E-state index is 13.5. The van der Waals surface area contributed by atoms with E-state index in [-0.39, 0.29) is 78.9 Å². The summed E-state index contributed by atoms with van der Waals surface area (Å²) in [5, 5.41) is 15.0. The Balaban J connectivity index is 0.000000229. The first-order valence-electron chi connectivity index (χ1n) is 37.8. The van der Waals surface area contributed by atoms with E-state index in [0.29, 0.717) is 55.0 Å². The Morgan fingerprint density at radius 2 is 0.768 bits per heavy atom. The van der Waals surface area contributed by atoms with Gasteiger partial charge in [0.2, 0.25) is 23.6 Å². The molecule has 8 atom stereocenters. The molecule has 8 heterocycles. The molecular weight excluding hydrogens is 1500 g/mol. The standard InChI is InChI=1S/C40H48N8O6.C24H27BrN4O3.C16H22N4O3.CH3F.CH4/c1-23(2)33(45-39(51)53-5)37(49)47-17-7-9-31(47)35-41-21-29(43-35)16-12-25-11-13-27-20-28(15-14-26(27)19-25)30-22-42-36(44-30)32-10-8-18-48(32)38(50)34(24(3)4)46-40(52)54-6;1-14(2)21(28-24(31)32-3)23(30)29-10-4-5-20(29)22-26-13-19(27-22)17-7-6-16-12-18(25)9-8-15(16)11-17;1-5-11-9-17-14(18-11)12-7-6-8-20(12)15(21)13(10(2)3)19-16(22)23-4;1-2;/h11,13-15,19-24,31-34H,7-10,17-18H2,1-6H3,(H,41,43)(H,42,44)(H,45,51)(H,46,52);6-9,11-14,20-21H,4-5,10H2,1-3H3,(H,26,27)(H,28,31);1,9-10,12-13H,6-8H2,2-4H3,(H,17,18)(H,19,22);1H3;1H4/t31-,32-,33-,34-;20-,21-;12-,13-;;/m000../s1/i;;;1D;. The van der Waals surface area contributed by atoms with Gasteiger partial charge in [0.05, 0.1) is 97.3 Å². The summed E-state index contributed by atoms with van der Waals surface area (Å²) in [6, 6.07) is 21.3. The summed E-state index contributed by atoms with van der Waals surface area (Å²) in [6.45, 7) is 17.6. The zero-order valence-electron chi connectivity index (χ0n) is 65.7. The number of rotatable bonds is 18. The summed E-state index contributed by atoms with van der Waals surface area (Å²) in [7, 11) is 4.14. The van der Waals surface area contributed by atoms with Crippen LogP contribution in [0.2, 0.25) is 0 Å². The molecule has 8 aromatic rings. The number of amides is 8. The molecule has 0 radical (unpaired) electrons. The number of hydrogen-bond donors (Lipinski definition) is 8. The molecule has 4 aromatic heterocycles. The van der Waals surface area contributed by atoms with Crippen molar-refractivity contribution in [1.29, 1.82) is 0 Å². The number of likely N-dealkylation sites (tertiary alicyclic amines) is 4. The molecule has 4 saturated heterocycles. The number of hydrogen-bond acceptors (Lipinski definition) is 16. The molecule has 0 spiro atoms. The maximum atomic E-state index is 13.5. The van der Waals surface area contributed by atoms with Gasteiger partial charge in [-0.1, -0.05) is 127 Å². The van der Waals surface area contributed by atoms with Crippen molar-refractivity contribution in [2.24, 2.45) is 23.7 Å². The fourth-order valence-corrected chi connectivity index (χ4v) is 14.6. The summed E-state index contributed by atoms with van der Waals surface area (Å²) >= 11 is 3.51. The van der Waals surface area contributed by atoms with Crippen LogP contribution in [0.1, 0.15) is 180 Å². The van der Waals surface area contributed by atoms with Gasteiger partial charge in [-0.2, -0.15) is 0 Å². The topological polar surface area (TPSA) is 349 Å². The van der Waals surface area contributed by atoms with E-state index in [4.69, 9.17) is 22.0 Å². The fraction of sp³-hybridized carbons (Fsp3) is 0.463. The van der Waals surface area contributed by atoms with Crippen molar-refractivity contribution in [2.45, 2.75) is 163 Å². The van der Waals surface area contributed by atoms with Crippen LogP contribution >= 0.6 is 15.9 Å². The van der Waals surface area contributed by atoms with E-state index >= 15 is 0 Å². The van der Waals surface area contributed by atoms with Crippen LogP contribution < -0.4 is 21.3 Å². The number of ether oxygens (including phenoxy) is 4. The molecule has 4 aromatic carbocycles. The third-order valence-electron chi connectivity index (χ3n) is 20.1. The number of nitrogens with one attached hydrogen (secondary N) is 8. The molecule has 8 N–H and O–H groups in total. The summed E-state index contributed by atoms with van der Waals surface area (Å²) in [5.74, 6) is 10.9. The van der Waals surface area contributed by atoms with Gasteiger partial charge in [0.15, 0.2) is 0 Å². The molecule has 12 rings (SSSR count). The van der Waals surface area contributed by atoms with E-state index in [1.54, 1.807) is 33.3 Å². The van der Waals surface area contributed by atoms with Crippen molar-refractivity contribution in [1.82, 2.24) is 80.7 Å². The molecule has 112 heavy (non-hydrogen) atoms. The van der Waals surface area contributed by atoms with Crippen molar-refractivity contribution in [3.05, 3.63) is 142 Å². The monoisotopic (exact) mass is 1600 g/mol. The fourth-order valence-electron chi connectivity index (χ4n) is 14.2. The zero-order chi connectivity index (χ0) is 81.0. The van der Waals surface area contributed by atoms with Crippen LogP contribution in [-0.2, 0) is 38.1 Å². The molecule has 0 saturated carbocycles. The molecule has 30 heteroatoms. The number of nitrogens with zero attached hydrogens (tertiary/aromatic N) is 8. The quantitative estimate of drug-likeness (QED) is 0.0292. The zero-order valence-corrected chi connectivity index (χ0v) is 66.3. The molecule has 4 aliphatic heterocycles. The predicted molar refractivity (Wildman–Crippen MR) is 427 cm³/mol. The highest BCUT2D eigenvalue weighted by atomic mass is 79.9. The largest absolute Gasteiger partial charge is 0.453 e. The van der Waals surface area contributed by atoms with Crippen molar-refractivity contribution in [3.63, 3.8) is 0 Å². The highest BCUT2D eigenvalue weighted by Crippen LogP contribution is 2.38. The number of terminal acetylenes is 1. The number of H-pyrrole nitrogens is 4. The number of benzene rings is 4. The number of carbonyl (C=O) groups is 8. The van der Waals surface area contributed by atoms with E-state index in [1.165, 1.54) is 28.4 Å². The second-order valence-electron chi connectivity index (χ2n) is 28.8. The SMILES string of the molecule is C.C#Cc1cnc([C@@H]2CCCN2C(=O)[C@@H](NC(=O)OC)C(C)C)[nH]1.COC(=O)N[C@H](C(=O)N1CCC[C@H]1c1ncc(-c2ccc3cc(Br)ccc3c2)[nH]1)C(C)C.COC(=O)N[C@H](C(=O)N1CCC[C@H]1c1ncc(C#Cc2ccc3cc(-c4cnc([C@@H]5CCCN5C(=O)[C@@H](NC(=O)OC)C(C)C)[nH]4)ccc3c2)[nH]1)C(C)C.[2H]CF. The molecular formula is C82H104BrFN16O12. The van der Waals surface area contributed by atoms with Gasteiger partial charge in [0, 0.05) is 47.3 Å². The van der Waals surface area contributed by atoms with Gasteiger partial charge in [-0.05, 0) is 139 Å². The van der Waals surface area contributed by atoms with Gasteiger partial charge in [-0.3, -0.25) is 23.6 Å². The molecule has 4 aliphatic rings. The second kappa shape index (κ2) is 40.1. The van der Waals surface area contributed by atoms with Crippen LogP contribution in [-0.4, -0.2) is 193 Å². The number of imidazole rings is 4. The Morgan fingerprint density at radius 3 is 1.11 bits per heavy atom. The summed E-state index contributed by atoms with van der Waals surface area (Å²) < 4.78 is 35.4. The minimum Gasteiger partial charge on any atom is -0.453 e. The minimum atomic E-state index is -1.00. The first kappa shape index (κ1) is 84.7. The van der Waals surface area contributed by atoms with Crippen molar-refractivity contribution in [2.75, 3.05) is 61.8 Å². The van der Waals surface area contributed by atoms with Crippen LogP contribution in [0, 0.1) is 47.9 Å². The lowest BCUT2D eigenvalue weighted by molar-refractivity contribution is -0.136. The van der Waals surface area contributed by atoms with E-state index in [2.05, 4.69) is 136 Å². The molecule has 4 fully saturated rings. The molecule has 0 bridgehead atoms.